The molecule has 414 valence electrons. The molecule has 0 rings (SSSR count). The molecule has 0 heterocycles. The average Bonchev–Trinajstić information content (AvgIpc) is 3.32. The fraction of sp³-hybridized carbons (Fsp3) is 0.900. The maximum Gasteiger partial charge on any atom is 0.306 e. The minimum Gasteiger partial charge on any atom is -0.756 e. The smallest absolute Gasteiger partial charge is 0.306 e. The van der Waals surface area contributed by atoms with Gasteiger partial charge < -0.3 is 27.9 Å². The van der Waals surface area contributed by atoms with E-state index in [0.29, 0.717) is 17.4 Å². The highest BCUT2D eigenvalue weighted by Gasteiger charge is 2.22. The quantitative estimate of drug-likeness (QED) is 0.0195. The van der Waals surface area contributed by atoms with E-state index in [9.17, 15) is 19.0 Å². The van der Waals surface area contributed by atoms with Gasteiger partial charge in [0.25, 0.3) is 7.82 Å². The summed E-state index contributed by atoms with van der Waals surface area (Å²) in [6, 6.07) is 0. The summed E-state index contributed by atoms with van der Waals surface area (Å²) in [6.45, 7) is 4.29. The van der Waals surface area contributed by atoms with Gasteiger partial charge in [-0.1, -0.05) is 244 Å². The third-order valence-electron chi connectivity index (χ3n) is 13.4. The highest BCUT2D eigenvalue weighted by molar-refractivity contribution is 7.45. The molecule has 0 N–H and O–H groups in total. The van der Waals surface area contributed by atoms with Gasteiger partial charge >= 0.3 is 11.9 Å². The van der Waals surface area contributed by atoms with Gasteiger partial charge in [-0.15, -0.1) is 0 Å². The van der Waals surface area contributed by atoms with E-state index in [0.717, 1.165) is 38.5 Å². The average molecular weight is 1010 g/mol. The van der Waals surface area contributed by atoms with E-state index in [1.165, 1.54) is 225 Å². The van der Waals surface area contributed by atoms with Crippen molar-refractivity contribution >= 4 is 19.8 Å². The van der Waals surface area contributed by atoms with Gasteiger partial charge in [-0.25, -0.2) is 0 Å². The fourth-order valence-corrected chi connectivity index (χ4v) is 9.49. The molecule has 0 amide bonds. The predicted molar refractivity (Wildman–Crippen MR) is 296 cm³/mol. The molecule has 0 aliphatic carbocycles. The molecule has 2 atom stereocenters. The maximum absolute atomic E-state index is 12.8. The van der Waals surface area contributed by atoms with E-state index in [2.05, 4.69) is 38.2 Å². The largest absolute Gasteiger partial charge is 0.756 e. The normalized spacial score (nSPS) is 13.4. The van der Waals surface area contributed by atoms with Crippen molar-refractivity contribution < 1.29 is 42.1 Å². The Bertz CT molecular complexity index is 1240. The number of carbonyl (C=O) groups is 2. The first-order valence-corrected chi connectivity index (χ1v) is 31.5. The summed E-state index contributed by atoms with van der Waals surface area (Å²) in [5, 5.41) is 0. The Kier molecular flexibility index (Phi) is 51.2. The van der Waals surface area contributed by atoms with Gasteiger partial charge in [0.05, 0.1) is 27.7 Å². The number of hydrogen-bond acceptors (Lipinski definition) is 8. The Morgan fingerprint density at radius 1 is 0.429 bits per heavy atom. The van der Waals surface area contributed by atoms with Crippen LogP contribution in [-0.2, 0) is 32.7 Å². The van der Waals surface area contributed by atoms with E-state index in [1.54, 1.807) is 0 Å². The van der Waals surface area contributed by atoms with Crippen molar-refractivity contribution in [2.24, 2.45) is 0 Å². The Morgan fingerprint density at radius 3 is 1.06 bits per heavy atom. The number of esters is 2. The lowest BCUT2D eigenvalue weighted by molar-refractivity contribution is -0.870. The minimum absolute atomic E-state index is 0.0288. The van der Waals surface area contributed by atoms with Crippen LogP contribution in [0.4, 0.5) is 0 Å². The van der Waals surface area contributed by atoms with Gasteiger partial charge in [0, 0.05) is 12.8 Å². The third-order valence-corrected chi connectivity index (χ3v) is 14.4. The molecule has 0 aromatic carbocycles. The van der Waals surface area contributed by atoms with Crippen molar-refractivity contribution in [2.45, 2.75) is 302 Å². The van der Waals surface area contributed by atoms with Crippen LogP contribution in [0.5, 0.6) is 0 Å². The number of quaternary nitrogens is 1. The summed E-state index contributed by atoms with van der Waals surface area (Å²) < 4.78 is 34.2. The zero-order valence-electron chi connectivity index (χ0n) is 47.0. The fourth-order valence-electron chi connectivity index (χ4n) is 8.77. The Labute approximate surface area is 434 Å². The number of likely N-dealkylation sites (N-methyl/N-ethyl adjacent to an activating group) is 1. The lowest BCUT2D eigenvalue weighted by Gasteiger charge is -2.28. The molecule has 0 radical (unpaired) electrons. The zero-order chi connectivity index (χ0) is 51.3. The van der Waals surface area contributed by atoms with Crippen molar-refractivity contribution in [2.75, 3.05) is 47.5 Å². The number of ether oxygens (including phenoxy) is 2. The molecule has 0 saturated heterocycles. The summed E-state index contributed by atoms with van der Waals surface area (Å²) in [4.78, 5) is 37.9. The number of nitrogens with zero attached hydrogens (tertiary/aromatic N) is 1. The van der Waals surface area contributed by atoms with Crippen LogP contribution in [0.15, 0.2) is 24.3 Å². The Balaban J connectivity index is 4.12. The number of rotatable bonds is 56. The molecular formula is C60H116NO8P. The van der Waals surface area contributed by atoms with E-state index in [4.69, 9.17) is 18.5 Å². The van der Waals surface area contributed by atoms with Crippen molar-refractivity contribution in [3.63, 3.8) is 0 Å². The molecule has 0 saturated carbocycles. The molecule has 10 heteroatoms. The van der Waals surface area contributed by atoms with Crippen molar-refractivity contribution in [3.8, 4) is 0 Å². The maximum atomic E-state index is 12.8. The molecular weight excluding hydrogens is 894 g/mol. The minimum atomic E-state index is -4.63. The second kappa shape index (κ2) is 52.4. The Hall–Kier alpha value is -1.51. The molecule has 0 aromatic rings. The first-order valence-electron chi connectivity index (χ1n) is 30.0. The monoisotopic (exact) mass is 1010 g/mol. The summed E-state index contributed by atoms with van der Waals surface area (Å²) in [5.41, 5.74) is 0. The van der Waals surface area contributed by atoms with Crippen LogP contribution in [-0.4, -0.2) is 70.0 Å². The number of unbranched alkanes of at least 4 members (excludes halogenated alkanes) is 38. The van der Waals surface area contributed by atoms with Crippen LogP contribution in [0.2, 0.25) is 0 Å². The zero-order valence-corrected chi connectivity index (χ0v) is 47.9. The Morgan fingerprint density at radius 2 is 0.729 bits per heavy atom. The SMILES string of the molecule is CCCCCCCCCC/C=C\CCCCCCCCCCCCCC(=O)OCC(COP(=O)([O-])OCC[N+](C)(C)C)OC(=O)CCCCCCCCCCCCC/C=C\CCCCCCCCCC. The van der Waals surface area contributed by atoms with Gasteiger partial charge in [-0.3, -0.25) is 14.2 Å². The predicted octanol–water partition coefficient (Wildman–Crippen LogP) is 18.0. The number of allylic oxidation sites excluding steroid dienone is 4. The number of hydrogen-bond donors (Lipinski definition) is 0. The molecule has 0 fully saturated rings. The number of phosphoric acid groups is 1. The van der Waals surface area contributed by atoms with Crippen LogP contribution < -0.4 is 4.89 Å². The van der Waals surface area contributed by atoms with Crippen molar-refractivity contribution in [3.05, 3.63) is 24.3 Å². The van der Waals surface area contributed by atoms with E-state index in [-0.39, 0.29) is 32.0 Å². The molecule has 0 aliphatic heterocycles. The first kappa shape index (κ1) is 68.5. The summed E-state index contributed by atoms with van der Waals surface area (Å²) in [6.07, 6.45) is 62.2. The van der Waals surface area contributed by atoms with Gasteiger partial charge in [0.1, 0.15) is 19.8 Å². The van der Waals surface area contributed by atoms with Crippen LogP contribution in [0.1, 0.15) is 296 Å². The van der Waals surface area contributed by atoms with Crippen LogP contribution in [0.25, 0.3) is 0 Å². The number of carbonyl (C=O) groups excluding carboxylic acids is 2. The van der Waals surface area contributed by atoms with Gasteiger partial charge in [-0.2, -0.15) is 0 Å². The highest BCUT2D eigenvalue weighted by atomic mass is 31.2. The molecule has 0 aliphatic rings. The van der Waals surface area contributed by atoms with Gasteiger partial charge in [0.15, 0.2) is 6.10 Å². The summed E-state index contributed by atoms with van der Waals surface area (Å²) in [5.74, 6) is -0.820. The second-order valence-corrected chi connectivity index (χ2v) is 23.1. The lowest BCUT2D eigenvalue weighted by Crippen LogP contribution is -2.37. The van der Waals surface area contributed by atoms with Gasteiger partial charge in [0.2, 0.25) is 0 Å². The standard InChI is InChI=1S/C60H116NO8P/c1-6-8-10-12-14-16-18-20-22-24-26-28-30-32-34-36-38-40-42-44-46-48-50-52-59(62)66-56-58(57-68-70(64,65)67-55-54-61(3,4)5)69-60(63)53-51-49-47-45-43-41-39-37-35-33-31-29-27-25-23-21-19-17-15-13-11-9-7-2/h24-27,58H,6-23,28-57H2,1-5H3/b26-24-,27-25-. The highest BCUT2D eigenvalue weighted by Crippen LogP contribution is 2.38. The van der Waals surface area contributed by atoms with Crippen LogP contribution >= 0.6 is 7.82 Å². The van der Waals surface area contributed by atoms with Gasteiger partial charge in [-0.05, 0) is 64.2 Å². The third kappa shape index (κ3) is 55.8. The lowest BCUT2D eigenvalue weighted by atomic mass is 10.0. The second-order valence-electron chi connectivity index (χ2n) is 21.7. The number of phosphoric ester groups is 1. The molecule has 9 nitrogen and oxygen atoms in total. The molecule has 70 heavy (non-hydrogen) atoms. The topological polar surface area (TPSA) is 111 Å². The van der Waals surface area contributed by atoms with E-state index < -0.39 is 26.5 Å². The van der Waals surface area contributed by atoms with Crippen molar-refractivity contribution in [1.82, 2.24) is 0 Å². The van der Waals surface area contributed by atoms with Crippen LogP contribution in [0.3, 0.4) is 0 Å². The molecule has 0 bridgehead atoms. The van der Waals surface area contributed by atoms with Crippen LogP contribution in [0, 0.1) is 0 Å². The summed E-state index contributed by atoms with van der Waals surface area (Å²) >= 11 is 0. The molecule has 2 unspecified atom stereocenters. The van der Waals surface area contributed by atoms with E-state index >= 15 is 0 Å². The first-order chi connectivity index (χ1) is 34.0. The van der Waals surface area contributed by atoms with E-state index in [1.807, 2.05) is 21.1 Å². The molecule has 0 aromatic heterocycles. The summed E-state index contributed by atoms with van der Waals surface area (Å²) in [7, 11) is 1.18. The van der Waals surface area contributed by atoms with Crippen molar-refractivity contribution in [1.29, 1.82) is 0 Å². The molecule has 0 spiro atoms.